The number of ketones is 1. The number of Topliss-reactive ketones (excluding diaryl/α,β-unsaturated/α-hetero) is 1. The molecule has 0 radical (unpaired) electrons. The molecule has 0 amide bonds. The van der Waals surface area contributed by atoms with Crippen LogP contribution in [-0.4, -0.2) is 5.78 Å². The van der Waals surface area contributed by atoms with Crippen molar-refractivity contribution in [2.24, 2.45) is 0 Å². The smallest absolute Gasteiger partial charge is 0.140 e. The molecule has 0 saturated heterocycles. The summed E-state index contributed by atoms with van der Waals surface area (Å²) in [7, 11) is 0. The molecule has 0 heterocycles. The van der Waals surface area contributed by atoms with Crippen molar-refractivity contribution >= 4 is 5.78 Å². The fraction of sp³-hybridized carbons (Fsp3) is 0.105. The van der Waals surface area contributed by atoms with E-state index in [1.807, 2.05) is 12.1 Å². The minimum absolute atomic E-state index is 0.176. The van der Waals surface area contributed by atoms with E-state index in [-0.39, 0.29) is 5.78 Å². The molecule has 0 aromatic heterocycles. The number of hydrogen-bond donors (Lipinski definition) is 0. The Morgan fingerprint density at radius 1 is 0.750 bits per heavy atom. The molecule has 20 heavy (non-hydrogen) atoms. The molecule has 0 spiro atoms. The van der Waals surface area contributed by atoms with E-state index in [0.29, 0.717) is 12.8 Å². The van der Waals surface area contributed by atoms with Crippen molar-refractivity contribution in [3.05, 3.63) is 86.0 Å². The van der Waals surface area contributed by atoms with Gasteiger partial charge in [-0.05, 0) is 11.1 Å². The molecule has 0 aliphatic carbocycles. The quantitative estimate of drug-likeness (QED) is 0.690. The summed E-state index contributed by atoms with van der Waals surface area (Å²) in [4.78, 5) is 10.5. The fourth-order valence-electron chi connectivity index (χ4n) is 1.67. The van der Waals surface area contributed by atoms with Gasteiger partial charge in [0.1, 0.15) is 5.78 Å². The average Bonchev–Trinajstić information content (AvgIpc) is 2.50. The standard InChI is InChI=1S/C12H10.C7H10O/c1-3-7-11(8-4-1)12-9-5-2-6-10-12;1-3-5-7(8)6-4-2/h1-10H;3-4H,1-2,5-6H2. The Morgan fingerprint density at radius 3 is 1.40 bits per heavy atom. The molecule has 2 rings (SSSR count). The average molecular weight is 264 g/mol. The third-order valence-corrected chi connectivity index (χ3v) is 2.62. The maximum atomic E-state index is 10.5. The number of rotatable bonds is 5. The van der Waals surface area contributed by atoms with Gasteiger partial charge in [-0.3, -0.25) is 4.79 Å². The molecule has 0 bridgehead atoms. The largest absolute Gasteiger partial charge is 0.299 e. The molecule has 0 N–H and O–H groups in total. The molecule has 2 aromatic rings. The second kappa shape index (κ2) is 9.51. The summed E-state index contributed by atoms with van der Waals surface area (Å²) >= 11 is 0. The summed E-state index contributed by atoms with van der Waals surface area (Å²) in [5, 5.41) is 0. The van der Waals surface area contributed by atoms with E-state index in [0.717, 1.165) is 0 Å². The first kappa shape index (κ1) is 15.6. The van der Waals surface area contributed by atoms with Gasteiger partial charge in [0.2, 0.25) is 0 Å². The number of carbonyl (C=O) groups excluding carboxylic acids is 1. The first-order chi connectivity index (χ1) is 9.77. The number of allylic oxidation sites excluding steroid dienone is 2. The Kier molecular flexibility index (Phi) is 7.44. The van der Waals surface area contributed by atoms with E-state index < -0.39 is 0 Å². The number of benzene rings is 2. The van der Waals surface area contributed by atoms with E-state index in [2.05, 4.69) is 61.7 Å². The summed E-state index contributed by atoms with van der Waals surface area (Å²) < 4.78 is 0. The monoisotopic (exact) mass is 264 g/mol. The summed E-state index contributed by atoms with van der Waals surface area (Å²) in [6.07, 6.45) is 4.13. The van der Waals surface area contributed by atoms with E-state index in [1.165, 1.54) is 11.1 Å². The zero-order valence-electron chi connectivity index (χ0n) is 11.7. The van der Waals surface area contributed by atoms with Gasteiger partial charge in [-0.2, -0.15) is 0 Å². The Labute approximate surface area is 121 Å². The first-order valence-electron chi connectivity index (χ1n) is 6.62. The minimum Gasteiger partial charge on any atom is -0.299 e. The van der Waals surface area contributed by atoms with Crippen molar-refractivity contribution in [3.63, 3.8) is 0 Å². The SMILES string of the molecule is C=CCC(=O)CC=C.c1ccc(-c2ccccc2)cc1. The molecule has 0 aliphatic heterocycles. The lowest BCUT2D eigenvalue weighted by atomic mass is 10.1. The predicted octanol–water partition coefficient (Wildman–Crippen LogP) is 5.06. The van der Waals surface area contributed by atoms with E-state index >= 15 is 0 Å². The van der Waals surface area contributed by atoms with Crippen LogP contribution in [0.25, 0.3) is 11.1 Å². The first-order valence-corrected chi connectivity index (χ1v) is 6.62. The Morgan fingerprint density at radius 2 is 1.10 bits per heavy atom. The summed E-state index contributed by atoms with van der Waals surface area (Å²) in [6.45, 7) is 6.86. The molecule has 2 aromatic carbocycles. The highest BCUT2D eigenvalue weighted by molar-refractivity contribution is 5.80. The number of hydrogen-bond acceptors (Lipinski definition) is 1. The van der Waals surface area contributed by atoms with Crippen LogP contribution >= 0.6 is 0 Å². The van der Waals surface area contributed by atoms with Crippen LogP contribution in [0.3, 0.4) is 0 Å². The molecule has 1 heteroatoms. The summed E-state index contributed by atoms with van der Waals surface area (Å²) in [6, 6.07) is 20.8. The minimum atomic E-state index is 0.176. The van der Waals surface area contributed by atoms with Crippen LogP contribution in [0.2, 0.25) is 0 Å². The third-order valence-electron chi connectivity index (χ3n) is 2.62. The predicted molar refractivity (Wildman–Crippen MR) is 86.5 cm³/mol. The van der Waals surface area contributed by atoms with Crippen LogP contribution in [0.1, 0.15) is 12.8 Å². The van der Waals surface area contributed by atoms with Crippen LogP contribution in [0, 0.1) is 0 Å². The Balaban J connectivity index is 0.000000221. The zero-order chi connectivity index (χ0) is 14.6. The van der Waals surface area contributed by atoms with Crippen LogP contribution < -0.4 is 0 Å². The second-order valence-corrected chi connectivity index (χ2v) is 4.26. The molecule has 0 aliphatic rings. The third kappa shape index (κ3) is 5.96. The normalized spacial score (nSPS) is 9.00. The highest BCUT2D eigenvalue weighted by Gasteiger charge is 1.92. The van der Waals surface area contributed by atoms with Crippen molar-refractivity contribution in [1.82, 2.24) is 0 Å². The Bertz CT molecular complexity index is 477. The van der Waals surface area contributed by atoms with Gasteiger partial charge in [-0.1, -0.05) is 72.8 Å². The van der Waals surface area contributed by atoms with Crippen LogP contribution in [0.15, 0.2) is 86.0 Å². The maximum absolute atomic E-state index is 10.5. The molecule has 0 unspecified atom stereocenters. The molecule has 102 valence electrons. The van der Waals surface area contributed by atoms with E-state index in [1.54, 1.807) is 12.2 Å². The summed E-state index contributed by atoms with van der Waals surface area (Å²) in [5.74, 6) is 0.176. The van der Waals surface area contributed by atoms with Crippen molar-refractivity contribution in [3.8, 4) is 11.1 Å². The Hall–Kier alpha value is -2.41. The topological polar surface area (TPSA) is 17.1 Å². The van der Waals surface area contributed by atoms with Gasteiger partial charge in [0, 0.05) is 12.8 Å². The lowest BCUT2D eigenvalue weighted by Crippen LogP contribution is -1.90. The van der Waals surface area contributed by atoms with Crippen molar-refractivity contribution in [2.75, 3.05) is 0 Å². The molecule has 0 atom stereocenters. The van der Waals surface area contributed by atoms with Crippen molar-refractivity contribution < 1.29 is 4.79 Å². The lowest BCUT2D eigenvalue weighted by molar-refractivity contribution is -0.117. The van der Waals surface area contributed by atoms with Crippen molar-refractivity contribution in [1.29, 1.82) is 0 Å². The molecule has 0 fully saturated rings. The fourth-order valence-corrected chi connectivity index (χ4v) is 1.67. The zero-order valence-corrected chi connectivity index (χ0v) is 11.7. The van der Waals surface area contributed by atoms with Gasteiger partial charge < -0.3 is 0 Å². The van der Waals surface area contributed by atoms with Gasteiger partial charge in [0.25, 0.3) is 0 Å². The molecular weight excluding hydrogens is 244 g/mol. The van der Waals surface area contributed by atoms with Gasteiger partial charge in [-0.15, -0.1) is 13.2 Å². The maximum Gasteiger partial charge on any atom is 0.140 e. The molecule has 1 nitrogen and oxygen atoms in total. The van der Waals surface area contributed by atoms with Gasteiger partial charge in [0.05, 0.1) is 0 Å². The lowest BCUT2D eigenvalue weighted by Gasteiger charge is -1.98. The molecule has 0 saturated carbocycles. The van der Waals surface area contributed by atoms with Gasteiger partial charge in [-0.25, -0.2) is 0 Å². The van der Waals surface area contributed by atoms with Crippen LogP contribution in [0.4, 0.5) is 0 Å². The van der Waals surface area contributed by atoms with Gasteiger partial charge >= 0.3 is 0 Å². The van der Waals surface area contributed by atoms with Crippen LogP contribution in [-0.2, 0) is 4.79 Å². The second-order valence-electron chi connectivity index (χ2n) is 4.26. The van der Waals surface area contributed by atoms with E-state index in [9.17, 15) is 4.79 Å². The van der Waals surface area contributed by atoms with E-state index in [4.69, 9.17) is 0 Å². The molecular formula is C19H20O. The van der Waals surface area contributed by atoms with Crippen LogP contribution in [0.5, 0.6) is 0 Å². The highest BCUT2D eigenvalue weighted by atomic mass is 16.1. The number of carbonyl (C=O) groups is 1. The van der Waals surface area contributed by atoms with Gasteiger partial charge in [0.15, 0.2) is 0 Å². The van der Waals surface area contributed by atoms with Crippen molar-refractivity contribution in [2.45, 2.75) is 12.8 Å². The summed E-state index contributed by atoms with van der Waals surface area (Å²) in [5.41, 5.74) is 2.55. The highest BCUT2D eigenvalue weighted by Crippen LogP contribution is 2.17.